The second-order valence-corrected chi connectivity index (χ2v) is 7.30. The van der Waals surface area contributed by atoms with Gasteiger partial charge in [-0.1, -0.05) is 60.7 Å². The van der Waals surface area contributed by atoms with Gasteiger partial charge in [0.15, 0.2) is 6.29 Å². The molecule has 3 aromatic rings. The minimum Gasteiger partial charge on any atom is -0.449 e. The molecule has 1 N–H and O–H groups in total. The number of nitro benzene ring substituents is 1. The van der Waals surface area contributed by atoms with E-state index in [1.165, 1.54) is 18.2 Å². The summed E-state index contributed by atoms with van der Waals surface area (Å²) >= 11 is 0. The Balaban J connectivity index is 1.33. The Kier molecular flexibility index (Phi) is 6.07. The van der Waals surface area contributed by atoms with Crippen molar-refractivity contribution >= 4 is 24.1 Å². The fourth-order valence-corrected chi connectivity index (χ4v) is 3.92. The van der Waals surface area contributed by atoms with Crippen molar-refractivity contribution in [2.75, 3.05) is 13.2 Å². The lowest BCUT2D eigenvalue weighted by Gasteiger charge is -2.14. The van der Waals surface area contributed by atoms with E-state index in [9.17, 15) is 19.7 Å². The molecule has 0 aromatic heterocycles. The summed E-state index contributed by atoms with van der Waals surface area (Å²) in [7, 11) is 0. The van der Waals surface area contributed by atoms with Crippen molar-refractivity contribution in [3.8, 4) is 11.1 Å². The molecule has 0 atom stereocenters. The first kappa shape index (κ1) is 21.0. The van der Waals surface area contributed by atoms with Crippen LogP contribution in [0.15, 0.2) is 72.8 Å². The Morgan fingerprint density at radius 2 is 1.69 bits per heavy atom. The summed E-state index contributed by atoms with van der Waals surface area (Å²) in [5.41, 5.74) is 4.99. The summed E-state index contributed by atoms with van der Waals surface area (Å²) in [5, 5.41) is 13.5. The van der Waals surface area contributed by atoms with Gasteiger partial charge in [0.2, 0.25) is 0 Å². The fourth-order valence-electron chi connectivity index (χ4n) is 3.92. The van der Waals surface area contributed by atoms with Gasteiger partial charge in [0.25, 0.3) is 5.69 Å². The number of aldehydes is 1. The van der Waals surface area contributed by atoms with Crippen LogP contribution < -0.4 is 5.32 Å². The number of alkyl carbamates (subject to hydrolysis) is 1. The largest absolute Gasteiger partial charge is 0.449 e. The lowest BCUT2D eigenvalue weighted by molar-refractivity contribution is -0.385. The molecule has 0 radical (unpaired) electrons. The Morgan fingerprint density at radius 1 is 1.03 bits per heavy atom. The molecule has 1 amide bonds. The van der Waals surface area contributed by atoms with Gasteiger partial charge in [-0.15, -0.1) is 0 Å². The monoisotopic (exact) mass is 428 g/mol. The number of carbonyl (C=O) groups excluding carboxylic acids is 2. The number of carbonyl (C=O) groups is 2. The maximum Gasteiger partial charge on any atom is 0.407 e. The minimum absolute atomic E-state index is 0.00152. The molecule has 0 spiro atoms. The number of nitrogens with one attached hydrogen (secondary N) is 1. The van der Waals surface area contributed by atoms with E-state index in [2.05, 4.69) is 29.6 Å². The fraction of sp³-hybridized carbons (Fsp3) is 0.120. The normalized spacial score (nSPS) is 12.2. The van der Waals surface area contributed by atoms with Crippen LogP contribution in [0.2, 0.25) is 0 Å². The van der Waals surface area contributed by atoms with Crippen molar-refractivity contribution in [3.63, 3.8) is 0 Å². The molecule has 0 aliphatic heterocycles. The predicted octanol–water partition coefficient (Wildman–Crippen LogP) is 4.96. The van der Waals surface area contributed by atoms with Crippen LogP contribution in [0.5, 0.6) is 0 Å². The highest BCUT2D eigenvalue weighted by molar-refractivity contribution is 5.83. The summed E-state index contributed by atoms with van der Waals surface area (Å²) in [6, 6.07) is 20.5. The number of nitro groups is 1. The third-order valence-electron chi connectivity index (χ3n) is 5.39. The Bertz CT molecular complexity index is 1170. The van der Waals surface area contributed by atoms with Gasteiger partial charge in [-0.25, -0.2) is 4.79 Å². The molecule has 0 fully saturated rings. The molecular formula is C25H20N2O5. The van der Waals surface area contributed by atoms with E-state index in [0.29, 0.717) is 11.8 Å². The average molecular weight is 428 g/mol. The van der Waals surface area contributed by atoms with Crippen molar-refractivity contribution in [1.29, 1.82) is 0 Å². The second-order valence-electron chi connectivity index (χ2n) is 7.30. The number of hydrogen-bond donors (Lipinski definition) is 1. The Labute approximate surface area is 184 Å². The number of rotatable bonds is 7. The van der Waals surface area contributed by atoms with Gasteiger partial charge in [-0.2, -0.15) is 0 Å². The highest BCUT2D eigenvalue weighted by Crippen LogP contribution is 2.44. The van der Waals surface area contributed by atoms with E-state index in [1.807, 2.05) is 24.3 Å². The van der Waals surface area contributed by atoms with Gasteiger partial charge < -0.3 is 10.1 Å². The van der Waals surface area contributed by atoms with Gasteiger partial charge in [0.05, 0.1) is 10.5 Å². The SMILES string of the molecule is O=Cc1cc(C=CCNC(=O)OCC2c3ccccc3-c3ccccc32)ccc1[N+](=O)[O-]. The molecule has 4 rings (SSSR count). The summed E-state index contributed by atoms with van der Waals surface area (Å²) in [4.78, 5) is 33.5. The van der Waals surface area contributed by atoms with Crippen molar-refractivity contribution in [1.82, 2.24) is 5.32 Å². The first-order valence-corrected chi connectivity index (χ1v) is 10.1. The van der Waals surface area contributed by atoms with Crippen molar-refractivity contribution in [3.05, 3.63) is 105 Å². The van der Waals surface area contributed by atoms with Crippen LogP contribution in [0.3, 0.4) is 0 Å². The third kappa shape index (κ3) is 4.27. The van der Waals surface area contributed by atoms with Gasteiger partial charge in [0, 0.05) is 18.5 Å². The molecular weight excluding hydrogens is 408 g/mol. The molecule has 0 saturated carbocycles. The van der Waals surface area contributed by atoms with Gasteiger partial charge in [0.1, 0.15) is 6.61 Å². The van der Waals surface area contributed by atoms with Crippen molar-refractivity contribution in [2.45, 2.75) is 5.92 Å². The van der Waals surface area contributed by atoms with E-state index >= 15 is 0 Å². The van der Waals surface area contributed by atoms with Crippen LogP contribution in [0.4, 0.5) is 10.5 Å². The molecule has 1 aliphatic carbocycles. The summed E-state index contributed by atoms with van der Waals surface area (Å²) in [6.07, 6.45) is 3.26. The highest BCUT2D eigenvalue weighted by atomic mass is 16.6. The van der Waals surface area contributed by atoms with E-state index in [-0.39, 0.29) is 30.3 Å². The average Bonchev–Trinajstić information content (AvgIpc) is 3.14. The number of fused-ring (bicyclic) bond motifs is 3. The van der Waals surface area contributed by atoms with E-state index in [4.69, 9.17) is 4.74 Å². The van der Waals surface area contributed by atoms with Gasteiger partial charge >= 0.3 is 6.09 Å². The molecule has 32 heavy (non-hydrogen) atoms. The van der Waals surface area contributed by atoms with Crippen LogP contribution >= 0.6 is 0 Å². The number of hydrogen-bond acceptors (Lipinski definition) is 5. The molecule has 1 aliphatic rings. The van der Waals surface area contributed by atoms with E-state index in [1.54, 1.807) is 12.2 Å². The summed E-state index contributed by atoms with van der Waals surface area (Å²) < 4.78 is 5.47. The van der Waals surface area contributed by atoms with Crippen LogP contribution in [-0.4, -0.2) is 30.5 Å². The van der Waals surface area contributed by atoms with Crippen molar-refractivity contribution in [2.24, 2.45) is 0 Å². The standard InChI is InChI=1S/C25H20N2O5/c28-15-18-14-17(11-12-24(18)27(30)31)6-5-13-26-25(29)32-16-23-21-9-3-1-7-19(21)20-8-2-4-10-22(20)23/h1-12,14-15,23H,13,16H2,(H,26,29). The van der Waals surface area contributed by atoms with E-state index < -0.39 is 11.0 Å². The molecule has 7 nitrogen and oxygen atoms in total. The predicted molar refractivity (Wildman–Crippen MR) is 121 cm³/mol. The van der Waals surface area contributed by atoms with Crippen LogP contribution in [0.1, 0.15) is 33.0 Å². The zero-order valence-corrected chi connectivity index (χ0v) is 17.1. The quantitative estimate of drug-likeness (QED) is 0.326. The van der Waals surface area contributed by atoms with Crippen LogP contribution in [0.25, 0.3) is 17.2 Å². The van der Waals surface area contributed by atoms with Crippen LogP contribution in [0, 0.1) is 10.1 Å². The highest BCUT2D eigenvalue weighted by Gasteiger charge is 2.28. The lowest BCUT2D eigenvalue weighted by atomic mass is 9.98. The number of nitrogens with zero attached hydrogens (tertiary/aromatic N) is 1. The molecule has 3 aromatic carbocycles. The Morgan fingerprint density at radius 3 is 2.31 bits per heavy atom. The Hall–Kier alpha value is -4.26. The zero-order valence-electron chi connectivity index (χ0n) is 17.1. The minimum atomic E-state index is -0.601. The van der Waals surface area contributed by atoms with Crippen LogP contribution in [-0.2, 0) is 4.74 Å². The molecule has 0 saturated heterocycles. The third-order valence-corrected chi connectivity index (χ3v) is 5.39. The van der Waals surface area contributed by atoms with E-state index in [0.717, 1.165) is 22.3 Å². The molecule has 0 heterocycles. The first-order valence-electron chi connectivity index (χ1n) is 10.1. The maximum absolute atomic E-state index is 12.2. The number of ether oxygens (including phenoxy) is 1. The first-order chi connectivity index (χ1) is 15.6. The van der Waals surface area contributed by atoms with Gasteiger partial charge in [-0.05, 0) is 39.9 Å². The smallest absolute Gasteiger partial charge is 0.407 e. The topological polar surface area (TPSA) is 98.5 Å². The molecule has 0 bridgehead atoms. The molecule has 160 valence electrons. The summed E-state index contributed by atoms with van der Waals surface area (Å²) in [6.45, 7) is 0.443. The lowest BCUT2D eigenvalue weighted by Crippen LogP contribution is -2.26. The zero-order chi connectivity index (χ0) is 22.5. The molecule has 7 heteroatoms. The van der Waals surface area contributed by atoms with Crippen molar-refractivity contribution < 1.29 is 19.2 Å². The van der Waals surface area contributed by atoms with Gasteiger partial charge in [-0.3, -0.25) is 14.9 Å². The molecule has 0 unspecified atom stereocenters. The number of benzene rings is 3. The number of amides is 1. The second kappa shape index (κ2) is 9.26. The summed E-state index contributed by atoms with van der Waals surface area (Å²) in [5.74, 6) is -0.00874. The maximum atomic E-state index is 12.2.